The lowest BCUT2D eigenvalue weighted by Gasteiger charge is -2.30. The molecule has 1 saturated heterocycles. The van der Waals surface area contributed by atoms with Crippen molar-refractivity contribution in [2.75, 3.05) is 0 Å². The van der Waals surface area contributed by atoms with Gasteiger partial charge in [-0.05, 0) is 31.8 Å². The van der Waals surface area contributed by atoms with E-state index in [4.69, 9.17) is 9.47 Å². The van der Waals surface area contributed by atoms with E-state index in [2.05, 4.69) is 6.58 Å². The first-order valence-corrected chi connectivity index (χ1v) is 5.79. The maximum atomic E-state index is 11.2. The quantitative estimate of drug-likeness (QED) is 0.492. The van der Waals surface area contributed by atoms with Gasteiger partial charge in [0.25, 0.3) is 0 Å². The first-order chi connectivity index (χ1) is 7.27. The van der Waals surface area contributed by atoms with E-state index >= 15 is 0 Å². The van der Waals surface area contributed by atoms with Crippen LogP contribution in [-0.4, -0.2) is 17.9 Å². The van der Waals surface area contributed by atoms with Crippen molar-refractivity contribution < 1.29 is 14.3 Å². The van der Waals surface area contributed by atoms with Crippen molar-refractivity contribution in [3.8, 4) is 0 Å². The molecular formula is C12H18O3. The molecule has 0 bridgehead atoms. The number of hydrogen-bond acceptors (Lipinski definition) is 3. The molecule has 2 fully saturated rings. The van der Waals surface area contributed by atoms with Crippen LogP contribution in [0.1, 0.15) is 44.9 Å². The van der Waals surface area contributed by atoms with Crippen molar-refractivity contribution in [3.05, 3.63) is 12.7 Å². The Hall–Kier alpha value is -0.990. The number of carbonyl (C=O) groups is 1. The Kier molecular flexibility index (Phi) is 2.98. The fraction of sp³-hybridized carbons (Fsp3) is 0.750. The molecule has 0 radical (unpaired) electrons. The molecule has 1 aliphatic heterocycles. The van der Waals surface area contributed by atoms with Gasteiger partial charge in [-0.1, -0.05) is 25.8 Å². The van der Waals surface area contributed by atoms with Gasteiger partial charge in [-0.15, -0.1) is 0 Å². The molecule has 1 saturated carbocycles. The SMILES string of the molecule is C=CC1OC(=O)OC12CCCCCCC2. The summed E-state index contributed by atoms with van der Waals surface area (Å²) < 4.78 is 10.5. The molecule has 0 amide bonds. The van der Waals surface area contributed by atoms with Crippen LogP contribution in [0.15, 0.2) is 12.7 Å². The van der Waals surface area contributed by atoms with Crippen molar-refractivity contribution >= 4 is 6.16 Å². The smallest absolute Gasteiger partial charge is 0.423 e. The average molecular weight is 210 g/mol. The third-order valence-corrected chi connectivity index (χ3v) is 3.44. The molecule has 1 spiro atoms. The van der Waals surface area contributed by atoms with Gasteiger partial charge in [0.1, 0.15) is 0 Å². The zero-order chi connectivity index (χ0) is 10.7. The molecule has 1 unspecified atom stereocenters. The third kappa shape index (κ3) is 2.01. The lowest BCUT2D eigenvalue weighted by molar-refractivity contribution is 0.0189. The van der Waals surface area contributed by atoms with Gasteiger partial charge in [0.05, 0.1) is 0 Å². The van der Waals surface area contributed by atoms with Crippen LogP contribution < -0.4 is 0 Å². The van der Waals surface area contributed by atoms with E-state index in [1.807, 2.05) is 0 Å². The first kappa shape index (κ1) is 10.5. The molecule has 15 heavy (non-hydrogen) atoms. The van der Waals surface area contributed by atoms with E-state index in [-0.39, 0.29) is 6.10 Å². The Labute approximate surface area is 90.4 Å². The molecular weight excluding hydrogens is 192 g/mol. The Morgan fingerprint density at radius 1 is 1.20 bits per heavy atom. The third-order valence-electron chi connectivity index (χ3n) is 3.44. The van der Waals surface area contributed by atoms with Crippen LogP contribution in [-0.2, 0) is 9.47 Å². The Morgan fingerprint density at radius 2 is 1.80 bits per heavy atom. The normalized spacial score (nSPS) is 30.1. The summed E-state index contributed by atoms with van der Waals surface area (Å²) in [4.78, 5) is 11.2. The molecule has 84 valence electrons. The summed E-state index contributed by atoms with van der Waals surface area (Å²) in [5, 5.41) is 0. The predicted octanol–water partition coefficient (Wildman–Crippen LogP) is 3.19. The van der Waals surface area contributed by atoms with Crippen molar-refractivity contribution in [3.63, 3.8) is 0 Å². The van der Waals surface area contributed by atoms with Crippen molar-refractivity contribution in [1.29, 1.82) is 0 Å². The Bertz CT molecular complexity index is 252. The van der Waals surface area contributed by atoms with E-state index < -0.39 is 11.8 Å². The van der Waals surface area contributed by atoms with Crippen LogP contribution >= 0.6 is 0 Å². The van der Waals surface area contributed by atoms with Gasteiger partial charge >= 0.3 is 6.16 Å². The summed E-state index contributed by atoms with van der Waals surface area (Å²) >= 11 is 0. The highest BCUT2D eigenvalue weighted by molar-refractivity contribution is 5.64. The van der Waals surface area contributed by atoms with E-state index in [1.165, 1.54) is 19.3 Å². The van der Waals surface area contributed by atoms with Gasteiger partial charge in [0.2, 0.25) is 0 Å². The van der Waals surface area contributed by atoms with E-state index in [9.17, 15) is 4.79 Å². The van der Waals surface area contributed by atoms with Crippen molar-refractivity contribution in [2.45, 2.75) is 56.7 Å². The topological polar surface area (TPSA) is 35.5 Å². The second-order valence-corrected chi connectivity index (χ2v) is 4.46. The second-order valence-electron chi connectivity index (χ2n) is 4.46. The second kappa shape index (κ2) is 4.25. The van der Waals surface area contributed by atoms with Gasteiger partial charge in [0, 0.05) is 0 Å². The molecule has 0 aromatic heterocycles. The number of cyclic esters (lactones) is 1. The average Bonchev–Trinajstić information content (AvgIpc) is 2.50. The van der Waals surface area contributed by atoms with Crippen LogP contribution in [0.2, 0.25) is 0 Å². The minimum absolute atomic E-state index is 0.247. The zero-order valence-electron chi connectivity index (χ0n) is 9.04. The molecule has 0 aromatic carbocycles. The highest BCUT2D eigenvalue weighted by Gasteiger charge is 2.49. The van der Waals surface area contributed by atoms with Gasteiger partial charge < -0.3 is 9.47 Å². The monoisotopic (exact) mass is 210 g/mol. The molecule has 3 heteroatoms. The number of hydrogen-bond donors (Lipinski definition) is 0. The summed E-state index contributed by atoms with van der Waals surface area (Å²) in [5.41, 5.74) is -0.404. The molecule has 2 aliphatic rings. The fourth-order valence-corrected chi connectivity index (χ4v) is 2.61. The molecule has 1 atom stereocenters. The molecule has 2 rings (SSSR count). The minimum Gasteiger partial charge on any atom is -0.423 e. The van der Waals surface area contributed by atoms with Crippen LogP contribution in [0.4, 0.5) is 4.79 Å². The summed E-state index contributed by atoms with van der Waals surface area (Å²) in [6, 6.07) is 0. The first-order valence-electron chi connectivity index (χ1n) is 5.79. The predicted molar refractivity (Wildman–Crippen MR) is 56.6 cm³/mol. The van der Waals surface area contributed by atoms with Crippen LogP contribution in [0.3, 0.4) is 0 Å². The van der Waals surface area contributed by atoms with Gasteiger partial charge in [-0.25, -0.2) is 4.79 Å². The van der Waals surface area contributed by atoms with Gasteiger partial charge in [-0.2, -0.15) is 0 Å². The van der Waals surface area contributed by atoms with E-state index in [1.54, 1.807) is 6.08 Å². The largest absolute Gasteiger partial charge is 0.509 e. The van der Waals surface area contributed by atoms with Gasteiger partial charge in [0.15, 0.2) is 11.7 Å². The highest BCUT2D eigenvalue weighted by atomic mass is 16.8. The maximum absolute atomic E-state index is 11.2. The maximum Gasteiger partial charge on any atom is 0.509 e. The molecule has 0 aromatic rings. The summed E-state index contributed by atoms with van der Waals surface area (Å²) in [6.07, 6.45) is 8.72. The minimum atomic E-state index is -0.527. The highest BCUT2D eigenvalue weighted by Crippen LogP contribution is 2.39. The van der Waals surface area contributed by atoms with E-state index in [0.717, 1.165) is 25.7 Å². The molecule has 1 aliphatic carbocycles. The van der Waals surface area contributed by atoms with Gasteiger partial charge in [-0.3, -0.25) is 0 Å². The molecule has 1 heterocycles. The number of carbonyl (C=O) groups excluding carboxylic acids is 1. The molecule has 0 N–H and O–H groups in total. The van der Waals surface area contributed by atoms with Crippen LogP contribution in [0.25, 0.3) is 0 Å². The lowest BCUT2D eigenvalue weighted by Crippen LogP contribution is -2.39. The van der Waals surface area contributed by atoms with Crippen molar-refractivity contribution in [1.82, 2.24) is 0 Å². The standard InChI is InChI=1S/C12H18O3/c1-2-10-12(15-11(13)14-10)8-6-4-3-5-7-9-12/h2,10H,1,3-9H2. The van der Waals surface area contributed by atoms with E-state index in [0.29, 0.717) is 0 Å². The number of ether oxygens (including phenoxy) is 2. The van der Waals surface area contributed by atoms with Crippen LogP contribution in [0, 0.1) is 0 Å². The van der Waals surface area contributed by atoms with Crippen LogP contribution in [0.5, 0.6) is 0 Å². The Morgan fingerprint density at radius 3 is 2.40 bits per heavy atom. The zero-order valence-corrected chi connectivity index (χ0v) is 9.04. The number of rotatable bonds is 1. The summed E-state index contributed by atoms with van der Waals surface area (Å²) in [6.45, 7) is 3.72. The summed E-state index contributed by atoms with van der Waals surface area (Å²) in [5.74, 6) is 0. The lowest BCUT2D eigenvalue weighted by atomic mass is 9.83. The Balaban J connectivity index is 2.13. The molecule has 3 nitrogen and oxygen atoms in total. The van der Waals surface area contributed by atoms with Crippen molar-refractivity contribution in [2.24, 2.45) is 0 Å². The fourth-order valence-electron chi connectivity index (χ4n) is 2.61. The summed E-state index contributed by atoms with van der Waals surface area (Å²) in [7, 11) is 0.